The first-order valence-electron chi connectivity index (χ1n) is 5.48. The van der Waals surface area contributed by atoms with Crippen LogP contribution in [0.25, 0.3) is 0 Å². The van der Waals surface area contributed by atoms with Gasteiger partial charge in [-0.2, -0.15) is 11.8 Å². The number of sulfone groups is 1. The third-order valence-corrected chi connectivity index (χ3v) is 5.50. The summed E-state index contributed by atoms with van der Waals surface area (Å²) >= 11 is 1.57. The second kappa shape index (κ2) is 4.97. The van der Waals surface area contributed by atoms with E-state index in [4.69, 9.17) is 5.73 Å². The molecule has 0 radical (unpaired) electrons. The van der Waals surface area contributed by atoms with Crippen molar-refractivity contribution in [3.8, 4) is 0 Å². The van der Waals surface area contributed by atoms with E-state index in [-0.39, 0.29) is 0 Å². The van der Waals surface area contributed by atoms with E-state index in [0.717, 1.165) is 5.75 Å². The fourth-order valence-electron chi connectivity index (χ4n) is 1.97. The van der Waals surface area contributed by atoms with Crippen LogP contribution in [-0.2, 0) is 9.84 Å². The smallest absolute Gasteiger partial charge is 0.169 e. The van der Waals surface area contributed by atoms with E-state index in [1.807, 2.05) is 0 Å². The van der Waals surface area contributed by atoms with Gasteiger partial charge in [0.15, 0.2) is 9.84 Å². The molecular weight excluding hydrogens is 275 g/mol. The number of nitrogens with two attached hydrogens (primary N) is 1. The quantitative estimate of drug-likeness (QED) is 0.833. The number of nitrogens with zero attached hydrogens (tertiary/aromatic N) is 1. The van der Waals surface area contributed by atoms with Gasteiger partial charge in [-0.3, -0.25) is 0 Å². The number of rotatable bonds is 2. The molecule has 7 heteroatoms. The Morgan fingerprint density at radius 2 is 2.22 bits per heavy atom. The minimum absolute atomic E-state index is 0.305. The maximum absolute atomic E-state index is 13.9. The van der Waals surface area contributed by atoms with Gasteiger partial charge in [0.05, 0.1) is 5.69 Å². The molecule has 1 heterocycles. The highest BCUT2D eigenvalue weighted by molar-refractivity contribution is 8.01. The van der Waals surface area contributed by atoms with Crippen LogP contribution in [0.5, 0.6) is 0 Å². The molecule has 1 aromatic carbocycles. The van der Waals surface area contributed by atoms with Gasteiger partial charge >= 0.3 is 0 Å². The molecule has 1 unspecified atom stereocenters. The lowest BCUT2D eigenvalue weighted by Crippen LogP contribution is -2.47. The van der Waals surface area contributed by atoms with Crippen LogP contribution >= 0.6 is 11.8 Å². The number of hydrogen-bond acceptors (Lipinski definition) is 5. The molecule has 2 rings (SSSR count). The van der Waals surface area contributed by atoms with E-state index in [1.54, 1.807) is 28.8 Å². The molecule has 1 fully saturated rings. The predicted octanol–water partition coefficient (Wildman–Crippen LogP) is 1.33. The Kier molecular flexibility index (Phi) is 3.72. The average Bonchev–Trinajstić information content (AvgIpc) is 2.28. The molecule has 1 aliphatic heterocycles. The zero-order valence-corrected chi connectivity index (χ0v) is 11.6. The standard InChI is InChI=1S/C11H15FN2O2S2/c1-18(15,16)11-7-17-5-4-14(11)10-3-2-8(13)6-9(10)12/h2-3,6,11H,4-5,7,13H2,1H3. The van der Waals surface area contributed by atoms with Gasteiger partial charge in [-0.1, -0.05) is 0 Å². The predicted molar refractivity (Wildman–Crippen MR) is 74.1 cm³/mol. The fraction of sp³-hybridized carbons (Fsp3) is 0.455. The Morgan fingerprint density at radius 1 is 1.50 bits per heavy atom. The molecule has 4 nitrogen and oxygen atoms in total. The Hall–Kier alpha value is -0.950. The lowest BCUT2D eigenvalue weighted by molar-refractivity contribution is 0.578. The normalized spacial score (nSPS) is 21.0. The van der Waals surface area contributed by atoms with E-state index >= 15 is 0 Å². The summed E-state index contributed by atoms with van der Waals surface area (Å²) in [5.41, 5.74) is 6.13. The molecule has 0 aliphatic carbocycles. The Labute approximate surface area is 110 Å². The molecule has 100 valence electrons. The minimum Gasteiger partial charge on any atom is -0.399 e. The molecule has 18 heavy (non-hydrogen) atoms. The second-order valence-corrected chi connectivity index (χ2v) is 7.62. The number of anilines is 2. The number of benzene rings is 1. The Bertz CT molecular complexity index is 548. The van der Waals surface area contributed by atoms with Gasteiger partial charge in [-0.25, -0.2) is 12.8 Å². The summed E-state index contributed by atoms with van der Waals surface area (Å²) in [6.45, 7) is 0.517. The van der Waals surface area contributed by atoms with Crippen LogP contribution in [0.15, 0.2) is 18.2 Å². The first-order chi connectivity index (χ1) is 8.39. The number of nitrogen functional groups attached to an aromatic ring is 1. The second-order valence-electron chi connectivity index (χ2n) is 4.26. The Balaban J connectivity index is 2.40. The molecule has 2 N–H and O–H groups in total. The van der Waals surface area contributed by atoms with Gasteiger partial charge in [0, 0.05) is 30.0 Å². The zero-order chi connectivity index (χ0) is 13.3. The maximum Gasteiger partial charge on any atom is 0.169 e. The summed E-state index contributed by atoms with van der Waals surface area (Å²) in [4.78, 5) is 1.61. The summed E-state index contributed by atoms with van der Waals surface area (Å²) in [6.07, 6.45) is 1.19. The molecule has 1 saturated heterocycles. The molecule has 0 aromatic heterocycles. The van der Waals surface area contributed by atoms with Gasteiger partial charge in [0.2, 0.25) is 0 Å². The van der Waals surface area contributed by atoms with Gasteiger partial charge < -0.3 is 10.6 Å². The highest BCUT2D eigenvalue weighted by Crippen LogP contribution is 2.29. The lowest BCUT2D eigenvalue weighted by Gasteiger charge is -2.36. The van der Waals surface area contributed by atoms with Crippen molar-refractivity contribution in [1.29, 1.82) is 0 Å². The molecule has 0 bridgehead atoms. The highest BCUT2D eigenvalue weighted by atomic mass is 32.2. The summed E-state index contributed by atoms with van der Waals surface area (Å²) in [5, 5.41) is -0.672. The summed E-state index contributed by atoms with van der Waals surface area (Å²) in [5.74, 6) is 0.772. The average molecular weight is 290 g/mol. The molecule has 1 aromatic rings. The van der Waals surface area contributed by atoms with Crippen LogP contribution in [0.2, 0.25) is 0 Å². The number of halogens is 1. The first kappa shape index (κ1) is 13.5. The molecular formula is C11H15FN2O2S2. The fourth-order valence-corrected chi connectivity index (χ4v) is 4.80. The summed E-state index contributed by atoms with van der Waals surface area (Å²) < 4.78 is 37.4. The molecule has 0 saturated carbocycles. The first-order valence-corrected chi connectivity index (χ1v) is 8.59. The van der Waals surface area contributed by atoms with E-state index in [9.17, 15) is 12.8 Å². The van der Waals surface area contributed by atoms with Crippen LogP contribution < -0.4 is 10.6 Å². The van der Waals surface area contributed by atoms with Gasteiger partial charge in [-0.15, -0.1) is 0 Å². The largest absolute Gasteiger partial charge is 0.399 e. The topological polar surface area (TPSA) is 63.4 Å². The molecule has 1 atom stereocenters. The summed E-state index contributed by atoms with van der Waals surface area (Å²) in [6, 6.07) is 4.34. The van der Waals surface area contributed by atoms with Crippen molar-refractivity contribution < 1.29 is 12.8 Å². The van der Waals surface area contributed by atoms with Crippen LogP contribution in [0.4, 0.5) is 15.8 Å². The third kappa shape index (κ3) is 2.72. The van der Waals surface area contributed by atoms with Crippen molar-refractivity contribution in [3.05, 3.63) is 24.0 Å². The van der Waals surface area contributed by atoms with Crippen molar-refractivity contribution in [1.82, 2.24) is 0 Å². The number of thioether (sulfide) groups is 1. The minimum atomic E-state index is -3.24. The zero-order valence-electron chi connectivity index (χ0n) is 9.97. The monoisotopic (exact) mass is 290 g/mol. The van der Waals surface area contributed by atoms with Crippen LogP contribution in [0, 0.1) is 5.82 Å². The van der Waals surface area contributed by atoms with Gasteiger partial charge in [0.25, 0.3) is 0 Å². The SMILES string of the molecule is CS(=O)(=O)C1CSCCN1c1ccc(N)cc1F. The van der Waals surface area contributed by atoms with Crippen molar-refractivity contribution >= 4 is 33.0 Å². The Morgan fingerprint density at radius 3 is 2.83 bits per heavy atom. The van der Waals surface area contributed by atoms with Gasteiger partial charge in [0.1, 0.15) is 11.2 Å². The van der Waals surface area contributed by atoms with Crippen molar-refractivity contribution in [2.75, 3.05) is 34.9 Å². The molecule has 0 spiro atoms. The third-order valence-electron chi connectivity index (χ3n) is 2.86. The lowest BCUT2D eigenvalue weighted by atomic mass is 10.2. The van der Waals surface area contributed by atoms with Crippen LogP contribution in [0.1, 0.15) is 0 Å². The van der Waals surface area contributed by atoms with Gasteiger partial charge in [-0.05, 0) is 18.2 Å². The summed E-state index contributed by atoms with van der Waals surface area (Å²) in [7, 11) is -3.24. The molecule has 1 aliphatic rings. The van der Waals surface area contributed by atoms with E-state index in [2.05, 4.69) is 0 Å². The van der Waals surface area contributed by atoms with Crippen LogP contribution in [0.3, 0.4) is 0 Å². The van der Waals surface area contributed by atoms with Crippen molar-refractivity contribution in [2.45, 2.75) is 5.37 Å². The maximum atomic E-state index is 13.9. The van der Waals surface area contributed by atoms with Crippen molar-refractivity contribution in [3.63, 3.8) is 0 Å². The molecule has 0 amide bonds. The number of hydrogen-bond donors (Lipinski definition) is 1. The van der Waals surface area contributed by atoms with Crippen LogP contribution in [-0.4, -0.2) is 38.1 Å². The van der Waals surface area contributed by atoms with E-state index in [1.165, 1.54) is 12.3 Å². The van der Waals surface area contributed by atoms with Crippen molar-refractivity contribution in [2.24, 2.45) is 0 Å². The van der Waals surface area contributed by atoms with E-state index < -0.39 is 21.0 Å². The van der Waals surface area contributed by atoms with E-state index in [0.29, 0.717) is 23.7 Å². The highest BCUT2D eigenvalue weighted by Gasteiger charge is 2.32.